The van der Waals surface area contributed by atoms with Gasteiger partial charge in [-0.15, -0.1) is 0 Å². The lowest BCUT2D eigenvalue weighted by atomic mass is 10.0. The third-order valence-corrected chi connectivity index (χ3v) is 5.87. The van der Waals surface area contributed by atoms with E-state index < -0.39 is 0 Å². The van der Waals surface area contributed by atoms with Gasteiger partial charge < -0.3 is 19.4 Å². The highest BCUT2D eigenvalue weighted by Gasteiger charge is 2.25. The van der Waals surface area contributed by atoms with E-state index in [1.165, 1.54) is 0 Å². The van der Waals surface area contributed by atoms with Crippen LogP contribution >= 0.6 is 0 Å². The first-order chi connectivity index (χ1) is 16.1. The molecule has 0 spiro atoms. The lowest BCUT2D eigenvalue weighted by molar-refractivity contribution is 0.299. The highest BCUT2D eigenvalue weighted by molar-refractivity contribution is 5.56. The van der Waals surface area contributed by atoms with Crippen LogP contribution in [-0.2, 0) is 6.61 Å². The van der Waals surface area contributed by atoms with E-state index in [2.05, 4.69) is 38.3 Å². The minimum atomic E-state index is 0.151. The molecule has 1 unspecified atom stereocenters. The summed E-state index contributed by atoms with van der Waals surface area (Å²) in [7, 11) is 2.07. The number of ether oxygens (including phenoxy) is 1. The molecule has 0 bridgehead atoms. The molecule has 4 aromatic rings. The number of anilines is 2. The molecule has 3 heterocycles. The Labute approximate surface area is 193 Å². The summed E-state index contributed by atoms with van der Waals surface area (Å²) in [6, 6.07) is 18.0. The molecule has 7 nitrogen and oxygen atoms in total. The second-order valence-electron chi connectivity index (χ2n) is 8.31. The molecule has 1 N–H and O–H groups in total. The van der Waals surface area contributed by atoms with Crippen molar-refractivity contribution in [2.75, 3.05) is 23.8 Å². The summed E-state index contributed by atoms with van der Waals surface area (Å²) >= 11 is 0. The number of hydrogen-bond acceptors (Lipinski definition) is 7. The van der Waals surface area contributed by atoms with Gasteiger partial charge in [-0.2, -0.15) is 0 Å². The van der Waals surface area contributed by atoms with Crippen molar-refractivity contribution in [3.63, 3.8) is 0 Å². The molecule has 33 heavy (non-hydrogen) atoms. The van der Waals surface area contributed by atoms with Crippen LogP contribution in [0.25, 0.3) is 11.5 Å². The maximum Gasteiger partial charge on any atom is 0.226 e. The third kappa shape index (κ3) is 4.53. The van der Waals surface area contributed by atoms with E-state index in [1.54, 1.807) is 0 Å². The van der Waals surface area contributed by atoms with Crippen molar-refractivity contribution in [2.24, 2.45) is 0 Å². The topological polar surface area (TPSA) is 76.3 Å². The summed E-state index contributed by atoms with van der Waals surface area (Å²) in [5.41, 5.74) is 3.86. The molecule has 1 aliphatic rings. The Bertz CT molecular complexity index is 1250. The first-order valence-electron chi connectivity index (χ1n) is 11.1. The van der Waals surface area contributed by atoms with E-state index in [1.807, 2.05) is 68.6 Å². The zero-order valence-corrected chi connectivity index (χ0v) is 19.1. The van der Waals surface area contributed by atoms with E-state index in [0.29, 0.717) is 12.5 Å². The van der Waals surface area contributed by atoms with E-state index in [4.69, 9.17) is 9.15 Å². The van der Waals surface area contributed by atoms with Crippen molar-refractivity contribution in [2.45, 2.75) is 32.9 Å². The Hall–Kier alpha value is -3.87. The lowest BCUT2D eigenvalue weighted by Gasteiger charge is -2.32. The number of nitrogens with zero attached hydrogens (tertiary/aromatic N) is 4. The fraction of sp³-hybridized carbons (Fsp3) is 0.269. The van der Waals surface area contributed by atoms with Gasteiger partial charge in [-0.25, -0.2) is 15.0 Å². The Morgan fingerprint density at radius 2 is 1.94 bits per heavy atom. The zero-order chi connectivity index (χ0) is 22.8. The van der Waals surface area contributed by atoms with Crippen molar-refractivity contribution in [1.82, 2.24) is 15.0 Å². The minimum absolute atomic E-state index is 0.151. The molecular formula is C26H27N5O2. The van der Waals surface area contributed by atoms with Gasteiger partial charge >= 0.3 is 0 Å². The normalized spacial score (nSPS) is 15.2. The van der Waals surface area contributed by atoms with Crippen molar-refractivity contribution < 1.29 is 9.15 Å². The van der Waals surface area contributed by atoms with Crippen LogP contribution in [0.5, 0.6) is 5.75 Å². The van der Waals surface area contributed by atoms with E-state index >= 15 is 0 Å². The minimum Gasteiger partial charge on any atom is -0.487 e. The third-order valence-electron chi connectivity index (χ3n) is 5.87. The Balaban J connectivity index is 1.28. The molecule has 0 radical (unpaired) electrons. The van der Waals surface area contributed by atoms with Gasteiger partial charge in [0.15, 0.2) is 0 Å². The van der Waals surface area contributed by atoms with Crippen LogP contribution in [0, 0.1) is 13.8 Å². The van der Waals surface area contributed by atoms with Crippen molar-refractivity contribution in [3.05, 3.63) is 83.6 Å². The van der Waals surface area contributed by atoms with Gasteiger partial charge in [0.25, 0.3) is 0 Å². The quantitative estimate of drug-likeness (QED) is 0.434. The van der Waals surface area contributed by atoms with E-state index in [0.717, 1.165) is 58.6 Å². The first-order valence-corrected chi connectivity index (χ1v) is 11.1. The van der Waals surface area contributed by atoms with Crippen molar-refractivity contribution >= 4 is 11.5 Å². The molecule has 0 aliphatic carbocycles. The van der Waals surface area contributed by atoms with Crippen LogP contribution in [0.15, 0.2) is 65.2 Å². The fourth-order valence-electron chi connectivity index (χ4n) is 4.05. The molecule has 0 saturated heterocycles. The molecule has 0 amide bonds. The van der Waals surface area contributed by atoms with E-state index in [-0.39, 0.29) is 6.04 Å². The molecule has 1 atom stereocenters. The maximum absolute atomic E-state index is 6.06. The number of aryl methyl sites for hydroxylation is 2. The Morgan fingerprint density at radius 3 is 2.79 bits per heavy atom. The second kappa shape index (κ2) is 8.94. The number of hydrogen-bond donors (Lipinski definition) is 1. The predicted octanol–water partition coefficient (Wildman–Crippen LogP) is 5.32. The van der Waals surface area contributed by atoms with Crippen LogP contribution in [0.4, 0.5) is 11.5 Å². The summed E-state index contributed by atoms with van der Waals surface area (Å²) in [4.78, 5) is 15.9. The number of aromatic nitrogens is 3. The Kier molecular flexibility index (Phi) is 5.69. The second-order valence-corrected chi connectivity index (χ2v) is 8.31. The standard InChI is InChI=1S/C26H27N5O2/c1-17-24(30-26(33-17)19-8-5-4-6-9-19)16-32-21-11-7-10-20(14-21)29-23-12-13-31(3)25-22(23)15-27-18(2)28-25/h4-11,14-15,23,29H,12-13,16H2,1-3H3. The summed E-state index contributed by atoms with van der Waals surface area (Å²) in [6.45, 7) is 5.12. The van der Waals surface area contributed by atoms with Gasteiger partial charge in [0.1, 0.15) is 35.5 Å². The molecule has 0 saturated carbocycles. The predicted molar refractivity (Wildman–Crippen MR) is 128 cm³/mol. The highest BCUT2D eigenvalue weighted by Crippen LogP contribution is 2.34. The summed E-state index contributed by atoms with van der Waals surface area (Å²) in [6.07, 6.45) is 2.91. The largest absolute Gasteiger partial charge is 0.487 e. The summed E-state index contributed by atoms with van der Waals surface area (Å²) in [5.74, 6) is 3.93. The number of benzene rings is 2. The average Bonchev–Trinajstić information content (AvgIpc) is 3.21. The van der Waals surface area contributed by atoms with Gasteiger partial charge in [-0.1, -0.05) is 24.3 Å². The SMILES string of the molecule is Cc1ncc2c(n1)N(C)CCC2Nc1cccc(OCc2nc(-c3ccccc3)oc2C)c1. The van der Waals surface area contributed by atoms with Crippen LogP contribution in [-0.4, -0.2) is 28.5 Å². The molecule has 0 fully saturated rings. The monoisotopic (exact) mass is 441 g/mol. The molecular weight excluding hydrogens is 414 g/mol. The molecule has 2 aromatic carbocycles. The Morgan fingerprint density at radius 1 is 1.09 bits per heavy atom. The van der Waals surface area contributed by atoms with Gasteiger partial charge in [0, 0.05) is 42.7 Å². The summed E-state index contributed by atoms with van der Waals surface area (Å²) in [5, 5.41) is 3.63. The van der Waals surface area contributed by atoms with Gasteiger partial charge in [-0.05, 0) is 44.5 Å². The zero-order valence-electron chi connectivity index (χ0n) is 19.1. The van der Waals surface area contributed by atoms with Crippen molar-refractivity contribution in [3.8, 4) is 17.2 Å². The number of rotatable bonds is 6. The fourth-order valence-corrected chi connectivity index (χ4v) is 4.05. The van der Waals surface area contributed by atoms with Crippen LogP contribution in [0.1, 0.15) is 35.3 Å². The molecule has 168 valence electrons. The van der Waals surface area contributed by atoms with Gasteiger partial charge in [0.2, 0.25) is 5.89 Å². The molecule has 1 aliphatic heterocycles. The number of oxazole rings is 1. The number of fused-ring (bicyclic) bond motifs is 1. The van der Waals surface area contributed by atoms with E-state index in [9.17, 15) is 0 Å². The van der Waals surface area contributed by atoms with Crippen LogP contribution in [0.3, 0.4) is 0 Å². The van der Waals surface area contributed by atoms with Gasteiger partial charge in [-0.3, -0.25) is 0 Å². The highest BCUT2D eigenvalue weighted by atomic mass is 16.5. The van der Waals surface area contributed by atoms with Gasteiger partial charge in [0.05, 0.1) is 6.04 Å². The summed E-state index contributed by atoms with van der Waals surface area (Å²) < 4.78 is 11.9. The maximum atomic E-state index is 6.06. The molecule has 5 rings (SSSR count). The average molecular weight is 442 g/mol. The number of nitrogens with one attached hydrogen (secondary N) is 1. The van der Waals surface area contributed by atoms with Crippen LogP contribution < -0.4 is 15.0 Å². The smallest absolute Gasteiger partial charge is 0.226 e. The molecule has 7 heteroatoms. The molecule has 2 aromatic heterocycles. The lowest BCUT2D eigenvalue weighted by Crippen LogP contribution is -2.31. The van der Waals surface area contributed by atoms with Crippen LogP contribution in [0.2, 0.25) is 0 Å². The van der Waals surface area contributed by atoms with Crippen molar-refractivity contribution in [1.29, 1.82) is 0 Å². The first kappa shape index (κ1) is 21.0.